The van der Waals surface area contributed by atoms with Gasteiger partial charge in [0.1, 0.15) is 11.6 Å². The molecule has 29 heavy (non-hydrogen) atoms. The van der Waals surface area contributed by atoms with E-state index in [1.165, 1.54) is 24.3 Å². The van der Waals surface area contributed by atoms with Crippen molar-refractivity contribution in [1.82, 2.24) is 10.2 Å². The minimum Gasteiger partial charge on any atom is -0.481 e. The number of hydrogen-bond donors (Lipinski definition) is 1. The van der Waals surface area contributed by atoms with Gasteiger partial charge in [-0.05, 0) is 56.3 Å². The first kappa shape index (κ1) is 20.4. The summed E-state index contributed by atoms with van der Waals surface area (Å²) in [5.74, 6) is 0.0957. The SMILES string of the molecule is C[C@H](Oc1ccc(F)cc1)c1nnc(S[C@H](C)C(=O)Nc2cccc(C#N)c2)o1. The average Bonchev–Trinajstić information content (AvgIpc) is 3.18. The van der Waals surface area contributed by atoms with E-state index < -0.39 is 11.4 Å². The molecule has 0 aliphatic heterocycles. The smallest absolute Gasteiger partial charge is 0.277 e. The van der Waals surface area contributed by atoms with Crippen LogP contribution in [-0.2, 0) is 4.79 Å². The zero-order valence-electron chi connectivity index (χ0n) is 15.6. The van der Waals surface area contributed by atoms with Crippen molar-refractivity contribution in [2.24, 2.45) is 0 Å². The Morgan fingerprint density at radius 2 is 2.00 bits per heavy atom. The third kappa shape index (κ3) is 5.56. The maximum atomic E-state index is 13.0. The molecule has 0 fully saturated rings. The molecule has 1 heterocycles. The molecule has 7 nitrogen and oxygen atoms in total. The lowest BCUT2D eigenvalue weighted by Crippen LogP contribution is -2.22. The molecule has 0 spiro atoms. The summed E-state index contributed by atoms with van der Waals surface area (Å²) in [6, 6.07) is 14.3. The molecule has 9 heteroatoms. The van der Waals surface area contributed by atoms with Gasteiger partial charge in [0.25, 0.3) is 11.1 Å². The molecule has 0 saturated heterocycles. The fourth-order valence-electron chi connectivity index (χ4n) is 2.32. The summed E-state index contributed by atoms with van der Waals surface area (Å²) in [5, 5.41) is 19.3. The first-order valence-electron chi connectivity index (χ1n) is 8.68. The summed E-state index contributed by atoms with van der Waals surface area (Å²) >= 11 is 1.10. The monoisotopic (exact) mass is 412 g/mol. The van der Waals surface area contributed by atoms with E-state index in [1.54, 1.807) is 38.1 Å². The maximum absolute atomic E-state index is 13.0. The van der Waals surface area contributed by atoms with Gasteiger partial charge in [-0.25, -0.2) is 4.39 Å². The minimum atomic E-state index is -0.542. The standard InChI is InChI=1S/C20H17FN4O3S/c1-12(27-17-8-6-15(21)7-9-17)19-24-25-20(28-19)29-13(2)18(26)23-16-5-3-4-14(10-16)11-22/h3-10,12-13H,1-2H3,(H,23,26)/t12-,13+/m0/s1. The lowest BCUT2D eigenvalue weighted by atomic mass is 10.2. The second-order valence-corrected chi connectivity index (χ2v) is 7.35. The molecule has 1 N–H and O–H groups in total. The Hall–Kier alpha value is -3.38. The number of hydrogen-bond acceptors (Lipinski definition) is 7. The predicted octanol–water partition coefficient (Wildman–Crippen LogP) is 4.34. The molecule has 3 rings (SSSR count). The lowest BCUT2D eigenvalue weighted by molar-refractivity contribution is -0.115. The quantitative estimate of drug-likeness (QED) is 0.576. The summed E-state index contributed by atoms with van der Waals surface area (Å²) in [4.78, 5) is 12.4. The van der Waals surface area contributed by atoms with Crippen molar-refractivity contribution in [1.29, 1.82) is 5.26 Å². The van der Waals surface area contributed by atoms with Gasteiger partial charge < -0.3 is 14.5 Å². The molecule has 0 unspecified atom stereocenters. The number of halogens is 1. The van der Waals surface area contributed by atoms with Gasteiger partial charge in [0.15, 0.2) is 6.10 Å². The first-order valence-corrected chi connectivity index (χ1v) is 9.56. The fraction of sp³-hybridized carbons (Fsp3) is 0.200. The van der Waals surface area contributed by atoms with E-state index in [0.29, 0.717) is 17.0 Å². The van der Waals surface area contributed by atoms with Crippen molar-refractivity contribution < 1.29 is 18.3 Å². The number of carbonyl (C=O) groups is 1. The van der Waals surface area contributed by atoms with Crippen molar-refractivity contribution >= 4 is 23.4 Å². The molecular weight excluding hydrogens is 395 g/mol. The Morgan fingerprint density at radius 3 is 2.72 bits per heavy atom. The number of nitrogens with zero attached hydrogens (tertiary/aromatic N) is 3. The average molecular weight is 412 g/mol. The number of amides is 1. The highest BCUT2D eigenvalue weighted by Gasteiger charge is 2.21. The van der Waals surface area contributed by atoms with Crippen LogP contribution in [-0.4, -0.2) is 21.4 Å². The molecular formula is C20H17FN4O3S. The largest absolute Gasteiger partial charge is 0.481 e. The van der Waals surface area contributed by atoms with Crippen LogP contribution in [0.4, 0.5) is 10.1 Å². The zero-order valence-corrected chi connectivity index (χ0v) is 16.4. The molecule has 0 bridgehead atoms. The number of rotatable bonds is 7. The summed E-state index contributed by atoms with van der Waals surface area (Å²) in [6.07, 6.45) is -0.542. The zero-order chi connectivity index (χ0) is 20.8. The Labute approximate surface area is 170 Å². The van der Waals surface area contributed by atoms with E-state index in [0.717, 1.165) is 11.8 Å². The Kier molecular flexibility index (Phi) is 6.46. The Balaban J connectivity index is 1.57. The van der Waals surface area contributed by atoms with Crippen LogP contribution in [0.15, 0.2) is 58.2 Å². The molecule has 0 aliphatic carbocycles. The van der Waals surface area contributed by atoms with Crippen LogP contribution in [0.2, 0.25) is 0 Å². The van der Waals surface area contributed by atoms with Crippen LogP contribution in [0.25, 0.3) is 0 Å². The van der Waals surface area contributed by atoms with Gasteiger partial charge in [-0.15, -0.1) is 10.2 Å². The number of benzene rings is 2. The van der Waals surface area contributed by atoms with Gasteiger partial charge in [-0.3, -0.25) is 4.79 Å². The molecule has 148 valence electrons. The number of ether oxygens (including phenoxy) is 1. The lowest BCUT2D eigenvalue weighted by Gasteiger charge is -2.11. The summed E-state index contributed by atoms with van der Waals surface area (Å²) in [5.41, 5.74) is 0.994. The number of nitrogens with one attached hydrogen (secondary N) is 1. The molecule has 2 aromatic carbocycles. The van der Waals surface area contributed by atoms with E-state index in [-0.39, 0.29) is 22.8 Å². The van der Waals surface area contributed by atoms with Crippen molar-refractivity contribution in [2.75, 3.05) is 5.32 Å². The first-order chi connectivity index (χ1) is 13.9. The van der Waals surface area contributed by atoms with E-state index in [9.17, 15) is 9.18 Å². The summed E-state index contributed by atoms with van der Waals surface area (Å²) < 4.78 is 24.2. The van der Waals surface area contributed by atoms with E-state index >= 15 is 0 Å². The molecule has 2 atom stereocenters. The third-order valence-electron chi connectivity index (χ3n) is 3.80. The third-order valence-corrected chi connectivity index (χ3v) is 4.74. The van der Waals surface area contributed by atoms with Crippen molar-refractivity contribution in [3.63, 3.8) is 0 Å². The van der Waals surface area contributed by atoms with Gasteiger partial charge in [0, 0.05) is 5.69 Å². The van der Waals surface area contributed by atoms with Gasteiger partial charge in [0.2, 0.25) is 5.91 Å². The molecule has 1 aromatic heterocycles. The molecule has 0 radical (unpaired) electrons. The van der Waals surface area contributed by atoms with Crippen molar-refractivity contribution in [2.45, 2.75) is 30.4 Å². The second kappa shape index (κ2) is 9.21. The number of nitriles is 1. The Bertz CT molecular complexity index is 1030. The number of aromatic nitrogens is 2. The topological polar surface area (TPSA) is 101 Å². The van der Waals surface area contributed by atoms with Crippen LogP contribution in [0.1, 0.15) is 31.4 Å². The van der Waals surface area contributed by atoms with E-state index in [2.05, 4.69) is 15.5 Å². The van der Waals surface area contributed by atoms with Crippen LogP contribution >= 0.6 is 11.8 Å². The normalized spacial score (nSPS) is 12.6. The van der Waals surface area contributed by atoms with Crippen LogP contribution in [0.3, 0.4) is 0 Å². The minimum absolute atomic E-state index is 0.225. The van der Waals surface area contributed by atoms with Gasteiger partial charge >= 0.3 is 0 Å². The van der Waals surface area contributed by atoms with Crippen LogP contribution < -0.4 is 10.1 Å². The van der Waals surface area contributed by atoms with Crippen LogP contribution in [0, 0.1) is 17.1 Å². The highest BCUT2D eigenvalue weighted by Crippen LogP contribution is 2.27. The summed E-state index contributed by atoms with van der Waals surface area (Å²) in [6.45, 7) is 3.43. The molecule has 1 amide bonds. The highest BCUT2D eigenvalue weighted by atomic mass is 32.2. The second-order valence-electron chi connectivity index (χ2n) is 6.06. The van der Waals surface area contributed by atoms with Crippen LogP contribution in [0.5, 0.6) is 5.75 Å². The van der Waals surface area contributed by atoms with E-state index in [4.69, 9.17) is 14.4 Å². The Morgan fingerprint density at radius 1 is 1.24 bits per heavy atom. The van der Waals surface area contributed by atoms with Gasteiger partial charge in [-0.1, -0.05) is 17.8 Å². The fourth-order valence-corrected chi connectivity index (χ4v) is 3.01. The highest BCUT2D eigenvalue weighted by molar-refractivity contribution is 8.00. The summed E-state index contributed by atoms with van der Waals surface area (Å²) in [7, 11) is 0. The predicted molar refractivity (Wildman–Crippen MR) is 105 cm³/mol. The maximum Gasteiger partial charge on any atom is 0.277 e. The molecule has 0 aliphatic rings. The van der Waals surface area contributed by atoms with Crippen molar-refractivity contribution in [3.8, 4) is 11.8 Å². The van der Waals surface area contributed by atoms with Gasteiger partial charge in [-0.2, -0.15) is 5.26 Å². The van der Waals surface area contributed by atoms with Crippen molar-refractivity contribution in [3.05, 3.63) is 65.8 Å². The molecule has 3 aromatic rings. The number of carbonyl (C=O) groups excluding carboxylic acids is 1. The number of anilines is 1. The van der Waals surface area contributed by atoms with E-state index in [1.807, 2.05) is 6.07 Å². The molecule has 0 saturated carbocycles. The van der Waals surface area contributed by atoms with Gasteiger partial charge in [0.05, 0.1) is 16.9 Å². The number of thioether (sulfide) groups is 1.